The molecule has 0 amide bonds. The molecule has 0 aliphatic carbocycles. The molecule has 1 heterocycles. The number of nitrogen functional groups attached to an aromatic ring is 2. The monoisotopic (exact) mass is 291 g/mol. The summed E-state index contributed by atoms with van der Waals surface area (Å²) >= 11 is 1.60. The molecule has 0 fully saturated rings. The van der Waals surface area contributed by atoms with E-state index < -0.39 is 5.97 Å². The van der Waals surface area contributed by atoms with Gasteiger partial charge in [-0.15, -0.1) is 11.8 Å². The number of thioether (sulfide) groups is 1. The zero-order valence-electron chi connectivity index (χ0n) is 10.7. The van der Waals surface area contributed by atoms with E-state index in [1.807, 2.05) is 18.4 Å². The zero-order valence-corrected chi connectivity index (χ0v) is 11.6. The van der Waals surface area contributed by atoms with Gasteiger partial charge in [-0.25, -0.2) is 4.79 Å². The fourth-order valence-electron chi connectivity index (χ4n) is 1.46. The van der Waals surface area contributed by atoms with Gasteiger partial charge in [-0.2, -0.15) is 15.0 Å². The molecule has 7 nitrogen and oxygen atoms in total. The van der Waals surface area contributed by atoms with E-state index in [1.165, 1.54) is 0 Å². The average Bonchev–Trinajstić information content (AvgIpc) is 2.44. The molecule has 20 heavy (non-hydrogen) atoms. The lowest BCUT2D eigenvalue weighted by Crippen LogP contribution is -2.11. The van der Waals surface area contributed by atoms with Crippen molar-refractivity contribution in [2.24, 2.45) is 0 Å². The van der Waals surface area contributed by atoms with Gasteiger partial charge in [0, 0.05) is 4.90 Å². The van der Waals surface area contributed by atoms with Crippen molar-refractivity contribution in [1.29, 1.82) is 0 Å². The van der Waals surface area contributed by atoms with Crippen LogP contribution in [0.1, 0.15) is 16.2 Å². The van der Waals surface area contributed by atoms with Gasteiger partial charge < -0.3 is 16.2 Å². The van der Waals surface area contributed by atoms with Crippen molar-refractivity contribution in [2.75, 3.05) is 17.7 Å². The molecule has 2 rings (SSSR count). The molecule has 0 unspecified atom stereocenters. The Labute approximate surface area is 119 Å². The topological polar surface area (TPSA) is 117 Å². The predicted octanol–water partition coefficient (Wildman–Crippen LogP) is 1.11. The highest BCUT2D eigenvalue weighted by atomic mass is 32.2. The van der Waals surface area contributed by atoms with Gasteiger partial charge in [-0.3, -0.25) is 0 Å². The molecule has 0 atom stereocenters. The van der Waals surface area contributed by atoms with Crippen molar-refractivity contribution in [3.05, 3.63) is 35.7 Å². The Bertz CT molecular complexity index is 597. The lowest BCUT2D eigenvalue weighted by molar-refractivity contribution is 0.0462. The Balaban J connectivity index is 2.00. The lowest BCUT2D eigenvalue weighted by Gasteiger charge is -2.05. The van der Waals surface area contributed by atoms with Crippen LogP contribution >= 0.6 is 11.8 Å². The van der Waals surface area contributed by atoms with E-state index in [1.54, 1.807) is 23.9 Å². The second-order valence-electron chi connectivity index (χ2n) is 3.77. The van der Waals surface area contributed by atoms with E-state index >= 15 is 0 Å². The number of carbonyl (C=O) groups excluding carboxylic acids is 1. The number of esters is 1. The van der Waals surface area contributed by atoms with Crippen LogP contribution in [0.25, 0.3) is 0 Å². The third-order valence-electron chi connectivity index (χ3n) is 2.37. The highest BCUT2D eigenvalue weighted by Gasteiger charge is 2.09. The van der Waals surface area contributed by atoms with Crippen LogP contribution in [0, 0.1) is 0 Å². The van der Waals surface area contributed by atoms with E-state index in [0.29, 0.717) is 5.56 Å². The van der Waals surface area contributed by atoms with Crippen LogP contribution in [0.15, 0.2) is 29.2 Å². The van der Waals surface area contributed by atoms with Crippen molar-refractivity contribution in [1.82, 2.24) is 15.0 Å². The number of benzene rings is 1. The van der Waals surface area contributed by atoms with Crippen LogP contribution in [0.5, 0.6) is 0 Å². The number of anilines is 2. The minimum absolute atomic E-state index is 0.00660. The van der Waals surface area contributed by atoms with Crippen molar-refractivity contribution in [3.8, 4) is 0 Å². The van der Waals surface area contributed by atoms with Crippen LogP contribution in [-0.4, -0.2) is 27.2 Å². The summed E-state index contributed by atoms with van der Waals surface area (Å²) in [6.07, 6.45) is 1.96. The molecular formula is C12H13N5O2S. The molecule has 0 bridgehead atoms. The third-order valence-corrected chi connectivity index (χ3v) is 3.12. The molecule has 104 valence electrons. The molecule has 0 spiro atoms. The Morgan fingerprint density at radius 2 is 1.75 bits per heavy atom. The van der Waals surface area contributed by atoms with Gasteiger partial charge in [0.1, 0.15) is 0 Å². The molecule has 4 N–H and O–H groups in total. The molecule has 0 saturated heterocycles. The fraction of sp³-hybridized carbons (Fsp3) is 0.167. The molecule has 2 aromatic rings. The highest BCUT2D eigenvalue weighted by Crippen LogP contribution is 2.15. The number of nitrogens with two attached hydrogens (primary N) is 2. The largest absolute Gasteiger partial charge is 0.454 e. The van der Waals surface area contributed by atoms with Gasteiger partial charge in [0.2, 0.25) is 11.9 Å². The maximum absolute atomic E-state index is 11.8. The van der Waals surface area contributed by atoms with Crippen LogP contribution in [0.3, 0.4) is 0 Å². The van der Waals surface area contributed by atoms with Crippen LogP contribution in [0.4, 0.5) is 11.9 Å². The second-order valence-corrected chi connectivity index (χ2v) is 4.65. The standard InChI is InChI=1S/C12H13N5O2S/c1-20-8-4-2-7(3-5-8)10(18)19-6-9-15-11(13)17-12(14)16-9/h2-5H,6H2,1H3,(H4,13,14,15,16,17). The maximum Gasteiger partial charge on any atom is 0.338 e. The van der Waals surface area contributed by atoms with Crippen LogP contribution in [-0.2, 0) is 11.3 Å². The van der Waals surface area contributed by atoms with Gasteiger partial charge in [0.05, 0.1) is 5.56 Å². The molecule has 0 aliphatic rings. The quantitative estimate of drug-likeness (QED) is 0.635. The lowest BCUT2D eigenvalue weighted by atomic mass is 10.2. The summed E-state index contributed by atoms with van der Waals surface area (Å²) in [6.45, 7) is -0.111. The zero-order chi connectivity index (χ0) is 14.5. The van der Waals surface area contributed by atoms with E-state index in [4.69, 9.17) is 16.2 Å². The Hall–Kier alpha value is -2.35. The third kappa shape index (κ3) is 3.58. The van der Waals surface area contributed by atoms with Crippen LogP contribution in [0.2, 0.25) is 0 Å². The average molecular weight is 291 g/mol. The first-order valence-corrected chi connectivity index (χ1v) is 6.88. The molecule has 0 saturated carbocycles. The maximum atomic E-state index is 11.8. The van der Waals surface area contributed by atoms with E-state index in [9.17, 15) is 4.79 Å². The summed E-state index contributed by atoms with van der Waals surface area (Å²) in [5, 5.41) is 0. The number of rotatable bonds is 4. The molecule has 0 aliphatic heterocycles. The summed E-state index contributed by atoms with van der Waals surface area (Å²) in [6, 6.07) is 7.09. The fourth-order valence-corrected chi connectivity index (χ4v) is 1.87. The Morgan fingerprint density at radius 3 is 2.30 bits per heavy atom. The number of aromatic nitrogens is 3. The van der Waals surface area contributed by atoms with Gasteiger partial charge in [-0.05, 0) is 30.5 Å². The summed E-state index contributed by atoms with van der Waals surface area (Å²) < 4.78 is 5.09. The summed E-state index contributed by atoms with van der Waals surface area (Å²) in [4.78, 5) is 24.2. The van der Waals surface area contributed by atoms with Crippen molar-refractivity contribution in [2.45, 2.75) is 11.5 Å². The van der Waals surface area contributed by atoms with E-state index in [-0.39, 0.29) is 24.3 Å². The number of carbonyl (C=O) groups is 1. The minimum Gasteiger partial charge on any atom is -0.454 e. The van der Waals surface area contributed by atoms with Crippen LogP contribution < -0.4 is 11.5 Å². The van der Waals surface area contributed by atoms with Gasteiger partial charge >= 0.3 is 5.97 Å². The predicted molar refractivity (Wildman–Crippen MR) is 76.0 cm³/mol. The first-order valence-electron chi connectivity index (χ1n) is 5.65. The summed E-state index contributed by atoms with van der Waals surface area (Å²) in [5.74, 6) is -0.264. The highest BCUT2D eigenvalue weighted by molar-refractivity contribution is 7.98. The van der Waals surface area contributed by atoms with Gasteiger partial charge in [0.25, 0.3) is 0 Å². The minimum atomic E-state index is -0.463. The smallest absolute Gasteiger partial charge is 0.338 e. The second kappa shape index (κ2) is 6.20. The normalized spacial score (nSPS) is 10.2. The Morgan fingerprint density at radius 1 is 1.15 bits per heavy atom. The van der Waals surface area contributed by atoms with Crippen molar-refractivity contribution in [3.63, 3.8) is 0 Å². The molecule has 1 aromatic carbocycles. The van der Waals surface area contributed by atoms with Crippen molar-refractivity contribution < 1.29 is 9.53 Å². The molecular weight excluding hydrogens is 278 g/mol. The summed E-state index contributed by atoms with van der Waals surface area (Å²) in [7, 11) is 0. The first-order chi connectivity index (χ1) is 9.58. The van der Waals surface area contributed by atoms with E-state index in [2.05, 4.69) is 15.0 Å². The first kappa shape index (κ1) is 14.1. The molecule has 1 aromatic heterocycles. The molecule has 0 radical (unpaired) electrons. The van der Waals surface area contributed by atoms with E-state index in [0.717, 1.165) is 4.90 Å². The number of ether oxygens (including phenoxy) is 1. The Kier molecular flexibility index (Phi) is 4.36. The summed E-state index contributed by atoms with van der Waals surface area (Å²) in [5.41, 5.74) is 11.3. The van der Waals surface area contributed by atoms with Crippen molar-refractivity contribution >= 4 is 29.6 Å². The number of hydrogen-bond donors (Lipinski definition) is 2. The van der Waals surface area contributed by atoms with Gasteiger partial charge in [0.15, 0.2) is 12.4 Å². The molecule has 8 heteroatoms. The SMILES string of the molecule is CSc1ccc(C(=O)OCc2nc(N)nc(N)n2)cc1. The number of hydrogen-bond acceptors (Lipinski definition) is 8. The number of nitrogens with zero attached hydrogens (tertiary/aromatic N) is 3. The van der Waals surface area contributed by atoms with Gasteiger partial charge in [-0.1, -0.05) is 0 Å².